The highest BCUT2D eigenvalue weighted by atomic mass is 16.5. The quantitative estimate of drug-likeness (QED) is 0.0945. The molecule has 0 spiro atoms. The Morgan fingerprint density at radius 2 is 1.37 bits per heavy atom. The number of amides is 4. The molecular formula is C48H56N6O5. The first kappa shape index (κ1) is 42.5. The van der Waals surface area contributed by atoms with Gasteiger partial charge in [-0.1, -0.05) is 118 Å². The van der Waals surface area contributed by atoms with Crippen molar-refractivity contribution in [1.82, 2.24) is 30.4 Å². The van der Waals surface area contributed by atoms with Gasteiger partial charge in [0, 0.05) is 36.1 Å². The lowest BCUT2D eigenvalue weighted by Gasteiger charge is -2.38. The summed E-state index contributed by atoms with van der Waals surface area (Å²) in [4.78, 5) is 54.4. The molecule has 4 amide bonds. The molecule has 0 saturated carbocycles. The van der Waals surface area contributed by atoms with Crippen LogP contribution in [0, 0.1) is 19.3 Å². The summed E-state index contributed by atoms with van der Waals surface area (Å²) in [5.41, 5.74) is 6.49. The molecule has 3 N–H and O–H groups in total. The molecule has 0 unspecified atom stereocenters. The molecule has 3 heterocycles. The number of hydrogen-bond acceptors (Lipinski definition) is 7. The van der Waals surface area contributed by atoms with Gasteiger partial charge in [0.05, 0.1) is 30.1 Å². The number of carbonyl (C=O) groups excluding carboxylic acids is 3. The number of aliphatic hydroxyl groups is 1. The average Bonchev–Trinajstić information content (AvgIpc) is 3.55. The Kier molecular flexibility index (Phi) is 14.1. The van der Waals surface area contributed by atoms with Crippen LogP contribution in [0.1, 0.15) is 61.0 Å². The summed E-state index contributed by atoms with van der Waals surface area (Å²) in [6.45, 7) is 11.0. The molecule has 0 bridgehead atoms. The van der Waals surface area contributed by atoms with Gasteiger partial charge < -0.3 is 30.3 Å². The number of nitrogens with one attached hydrogen (secondary N) is 2. The molecule has 59 heavy (non-hydrogen) atoms. The van der Waals surface area contributed by atoms with Crippen LogP contribution < -0.4 is 10.6 Å². The molecule has 11 heteroatoms. The van der Waals surface area contributed by atoms with Gasteiger partial charge in [0.15, 0.2) is 0 Å². The molecule has 1 aliphatic rings. The summed E-state index contributed by atoms with van der Waals surface area (Å²) in [6, 6.07) is 36.4. The lowest BCUT2D eigenvalue weighted by molar-refractivity contribution is -0.129. The van der Waals surface area contributed by atoms with Crippen molar-refractivity contribution in [1.29, 1.82) is 0 Å². The zero-order valence-electron chi connectivity index (χ0n) is 34.7. The fraction of sp³-hybridized carbons (Fsp3) is 0.354. The number of ether oxygens (including phenoxy) is 1. The Morgan fingerprint density at radius 3 is 2.02 bits per heavy atom. The largest absolute Gasteiger partial charge is 0.445 e. The molecule has 1 fully saturated rings. The lowest BCUT2D eigenvalue weighted by atomic mass is 9.84. The van der Waals surface area contributed by atoms with Crippen molar-refractivity contribution in [2.45, 2.75) is 91.3 Å². The summed E-state index contributed by atoms with van der Waals surface area (Å²) < 4.78 is 5.60. The fourth-order valence-corrected chi connectivity index (χ4v) is 7.67. The van der Waals surface area contributed by atoms with Gasteiger partial charge in [-0.2, -0.15) is 0 Å². The van der Waals surface area contributed by atoms with Crippen molar-refractivity contribution < 1.29 is 24.2 Å². The standard InChI is InChI=1S/C48H56N6O5/c1-33-14-12-20-39(49-33)31-53-26-27-54(47(53)58)44(48(3,4)5)45(56)51-40(28-35-16-8-6-9-17-35)30-43(55)42(52-46(57)59-32-37-18-10-7-11-19-37)29-36-22-24-38(25-23-36)41-21-13-15-34(2)50-41/h6-25,40,42-44,55H,26-32H2,1-5H3,(H,51,56)(H,52,57)/t40-,42-,43-,44+/m0/s1. The average molecular weight is 797 g/mol. The number of urea groups is 1. The predicted molar refractivity (Wildman–Crippen MR) is 229 cm³/mol. The van der Waals surface area contributed by atoms with Crippen LogP contribution in [0.3, 0.4) is 0 Å². The number of rotatable bonds is 16. The van der Waals surface area contributed by atoms with Crippen molar-refractivity contribution in [2.24, 2.45) is 5.41 Å². The van der Waals surface area contributed by atoms with Gasteiger partial charge in [0.25, 0.3) is 0 Å². The van der Waals surface area contributed by atoms with Gasteiger partial charge >= 0.3 is 12.1 Å². The molecular weight excluding hydrogens is 741 g/mol. The SMILES string of the molecule is Cc1cccc(CN2CCN([C@H](C(=O)N[C@@H](Cc3ccccc3)C[C@H](O)[C@H](Cc3ccc(-c4cccc(C)n4)cc3)NC(=O)OCc3ccccc3)C(C)(C)C)C2=O)n1. The van der Waals surface area contributed by atoms with Gasteiger partial charge in [-0.25, -0.2) is 9.59 Å². The molecule has 5 aromatic rings. The second-order valence-corrected chi connectivity index (χ2v) is 16.5. The van der Waals surface area contributed by atoms with E-state index in [2.05, 4.69) is 20.6 Å². The Bertz CT molecular complexity index is 2160. The molecule has 308 valence electrons. The van der Waals surface area contributed by atoms with Crippen molar-refractivity contribution in [3.63, 3.8) is 0 Å². The van der Waals surface area contributed by atoms with E-state index in [0.717, 1.165) is 45.0 Å². The second kappa shape index (κ2) is 19.6. The van der Waals surface area contributed by atoms with Gasteiger partial charge in [-0.15, -0.1) is 0 Å². The second-order valence-electron chi connectivity index (χ2n) is 16.5. The molecule has 1 aliphatic heterocycles. The smallest absolute Gasteiger partial charge is 0.407 e. The first-order chi connectivity index (χ1) is 28.3. The number of aromatic nitrogens is 2. The van der Waals surface area contributed by atoms with Gasteiger partial charge in [0.2, 0.25) is 5.91 Å². The number of pyridine rings is 2. The Balaban J connectivity index is 1.21. The third-order valence-corrected chi connectivity index (χ3v) is 10.6. The van der Waals surface area contributed by atoms with E-state index in [9.17, 15) is 19.5 Å². The minimum absolute atomic E-state index is 0.0721. The minimum atomic E-state index is -1.09. The number of benzene rings is 3. The Hall–Kier alpha value is -6.07. The Morgan fingerprint density at radius 1 is 0.746 bits per heavy atom. The Labute approximate surface area is 347 Å². The van der Waals surface area contributed by atoms with Crippen LogP contribution in [0.15, 0.2) is 121 Å². The van der Waals surface area contributed by atoms with Crippen LogP contribution in [0.4, 0.5) is 9.59 Å². The van der Waals surface area contributed by atoms with E-state index in [0.29, 0.717) is 32.5 Å². The number of hydrogen-bond donors (Lipinski definition) is 3. The highest BCUT2D eigenvalue weighted by molar-refractivity contribution is 5.89. The fourth-order valence-electron chi connectivity index (χ4n) is 7.67. The monoisotopic (exact) mass is 796 g/mol. The zero-order valence-corrected chi connectivity index (χ0v) is 34.7. The van der Waals surface area contributed by atoms with Gasteiger partial charge in [0.1, 0.15) is 12.6 Å². The van der Waals surface area contributed by atoms with E-state index in [4.69, 9.17) is 4.74 Å². The molecule has 2 aromatic heterocycles. The molecule has 6 rings (SSSR count). The molecule has 4 atom stereocenters. The summed E-state index contributed by atoms with van der Waals surface area (Å²) in [6.07, 6.45) is -0.916. The van der Waals surface area contributed by atoms with Crippen LogP contribution >= 0.6 is 0 Å². The minimum Gasteiger partial charge on any atom is -0.445 e. The number of aryl methyl sites for hydroxylation is 2. The van der Waals surface area contributed by atoms with Crippen LogP contribution in [-0.2, 0) is 35.5 Å². The highest BCUT2D eigenvalue weighted by Crippen LogP contribution is 2.29. The number of alkyl carbamates (subject to hydrolysis) is 1. The van der Waals surface area contributed by atoms with Crippen molar-refractivity contribution in [2.75, 3.05) is 13.1 Å². The number of carbonyl (C=O) groups is 3. The molecule has 0 radical (unpaired) electrons. The maximum Gasteiger partial charge on any atom is 0.407 e. The van der Waals surface area contributed by atoms with Crippen molar-refractivity contribution in [3.8, 4) is 11.3 Å². The van der Waals surface area contributed by atoms with E-state index < -0.39 is 35.7 Å². The third kappa shape index (κ3) is 12.0. The predicted octanol–water partition coefficient (Wildman–Crippen LogP) is 7.43. The molecule has 3 aromatic carbocycles. The van der Waals surface area contributed by atoms with E-state index in [1.807, 2.05) is 156 Å². The molecule has 11 nitrogen and oxygen atoms in total. The summed E-state index contributed by atoms with van der Waals surface area (Å²) in [5.74, 6) is -0.304. The molecule has 0 aliphatic carbocycles. The highest BCUT2D eigenvalue weighted by Gasteiger charge is 2.44. The van der Waals surface area contributed by atoms with Gasteiger partial charge in [-0.3, -0.25) is 14.8 Å². The van der Waals surface area contributed by atoms with Gasteiger partial charge in [-0.05, 0) is 79.5 Å². The van der Waals surface area contributed by atoms with Crippen LogP contribution in [0.5, 0.6) is 0 Å². The van der Waals surface area contributed by atoms with Crippen LogP contribution in [-0.4, -0.2) is 80.2 Å². The summed E-state index contributed by atoms with van der Waals surface area (Å²) in [7, 11) is 0. The number of nitrogens with zero attached hydrogens (tertiary/aromatic N) is 4. The first-order valence-electron chi connectivity index (χ1n) is 20.3. The van der Waals surface area contributed by atoms with E-state index in [1.165, 1.54) is 0 Å². The lowest BCUT2D eigenvalue weighted by Crippen LogP contribution is -2.57. The van der Waals surface area contributed by atoms with E-state index in [1.54, 1.807) is 9.80 Å². The van der Waals surface area contributed by atoms with Crippen LogP contribution in [0.2, 0.25) is 0 Å². The van der Waals surface area contributed by atoms with Crippen LogP contribution in [0.25, 0.3) is 11.3 Å². The van der Waals surface area contributed by atoms with E-state index in [-0.39, 0.29) is 25.0 Å². The van der Waals surface area contributed by atoms with Crippen molar-refractivity contribution in [3.05, 3.63) is 155 Å². The maximum atomic E-state index is 14.5. The summed E-state index contributed by atoms with van der Waals surface area (Å²) >= 11 is 0. The third-order valence-electron chi connectivity index (χ3n) is 10.6. The van der Waals surface area contributed by atoms with E-state index >= 15 is 0 Å². The zero-order chi connectivity index (χ0) is 41.9. The maximum absolute atomic E-state index is 14.5. The molecule has 1 saturated heterocycles. The van der Waals surface area contributed by atoms with Crippen molar-refractivity contribution >= 4 is 18.0 Å². The first-order valence-corrected chi connectivity index (χ1v) is 20.3. The topological polar surface area (TPSA) is 137 Å². The number of aliphatic hydroxyl groups excluding tert-OH is 1. The summed E-state index contributed by atoms with van der Waals surface area (Å²) in [5, 5.41) is 18.3. The normalized spacial score (nSPS) is 15.0.